The van der Waals surface area contributed by atoms with Crippen LogP contribution in [0.25, 0.3) is 10.7 Å². The van der Waals surface area contributed by atoms with E-state index in [0.29, 0.717) is 10.6 Å². The highest BCUT2D eigenvalue weighted by Gasteiger charge is 2.23. The Hall–Kier alpha value is -3.23. The normalized spacial score (nSPS) is 11.8. The van der Waals surface area contributed by atoms with Crippen LogP contribution in [0.3, 0.4) is 0 Å². The minimum absolute atomic E-state index is 0.201. The number of nitrogens with zero attached hydrogens (tertiary/aromatic N) is 3. The van der Waals surface area contributed by atoms with Gasteiger partial charge in [-0.2, -0.15) is 5.10 Å². The summed E-state index contributed by atoms with van der Waals surface area (Å²) in [4.78, 5) is 14.2. The smallest absolute Gasteiger partial charge is 0.261 e. The van der Waals surface area contributed by atoms with Crippen LogP contribution in [0.15, 0.2) is 78.2 Å². The topological polar surface area (TPSA) is 66.0 Å². The van der Waals surface area contributed by atoms with Crippen LogP contribution in [0, 0.1) is 4.77 Å². The number of aromatic nitrogens is 3. The van der Waals surface area contributed by atoms with Crippen LogP contribution in [0.1, 0.15) is 13.0 Å². The average Bonchev–Trinajstić information content (AvgIpc) is 3.42. The maximum Gasteiger partial charge on any atom is 0.261 e. The number of hydrogen-bond donors (Lipinski definition) is 2. The van der Waals surface area contributed by atoms with Crippen molar-refractivity contribution in [2.24, 2.45) is 0 Å². The number of carbonyl (C=O) groups is 1. The van der Waals surface area contributed by atoms with E-state index in [4.69, 9.17) is 12.2 Å². The summed E-state index contributed by atoms with van der Waals surface area (Å²) in [5.41, 5.74) is 4.74. The number of para-hydroxylation sites is 2. The molecule has 0 fully saturated rings. The number of anilines is 2. The molecule has 0 spiro atoms. The highest BCUT2D eigenvalue weighted by atomic mass is 32.1. The fourth-order valence-corrected chi connectivity index (χ4v) is 4.00. The van der Waals surface area contributed by atoms with Crippen LogP contribution in [-0.4, -0.2) is 20.7 Å². The monoisotopic (exact) mass is 421 g/mol. The number of hydrazine groups is 1. The third-order valence-electron chi connectivity index (χ3n) is 4.46. The molecule has 0 aliphatic rings. The molecular formula is C21H19N5OS2. The van der Waals surface area contributed by atoms with Gasteiger partial charge in [-0.3, -0.25) is 24.9 Å². The lowest BCUT2D eigenvalue weighted by Gasteiger charge is -2.27. The number of hydrogen-bond acceptors (Lipinski definition) is 5. The second-order valence-electron chi connectivity index (χ2n) is 6.36. The molecule has 0 bridgehead atoms. The van der Waals surface area contributed by atoms with E-state index in [9.17, 15) is 4.79 Å². The van der Waals surface area contributed by atoms with E-state index in [-0.39, 0.29) is 5.91 Å². The van der Waals surface area contributed by atoms with Crippen molar-refractivity contribution in [3.8, 4) is 10.7 Å². The molecule has 0 saturated carbocycles. The number of H-pyrrole nitrogens is 1. The Balaban J connectivity index is 1.66. The first-order valence-electron chi connectivity index (χ1n) is 9.06. The molecule has 2 N–H and O–H groups in total. The van der Waals surface area contributed by atoms with Crippen molar-refractivity contribution in [1.82, 2.24) is 20.2 Å². The van der Waals surface area contributed by atoms with E-state index >= 15 is 0 Å². The van der Waals surface area contributed by atoms with E-state index in [1.807, 2.05) is 85.1 Å². The van der Waals surface area contributed by atoms with Crippen LogP contribution >= 0.6 is 23.6 Å². The lowest BCUT2D eigenvalue weighted by molar-refractivity contribution is -0.123. The second kappa shape index (κ2) is 8.42. The first-order chi connectivity index (χ1) is 14.1. The van der Waals surface area contributed by atoms with Crippen LogP contribution < -0.4 is 10.4 Å². The van der Waals surface area contributed by atoms with Gasteiger partial charge in [0.2, 0.25) is 0 Å². The number of aromatic amines is 1. The minimum Gasteiger partial charge on any atom is -0.287 e. The lowest BCUT2D eigenvalue weighted by atomic mass is 10.2. The van der Waals surface area contributed by atoms with E-state index < -0.39 is 6.04 Å². The number of carbonyl (C=O) groups excluding carboxylic acids is 1. The lowest BCUT2D eigenvalue weighted by Crippen LogP contribution is -2.42. The van der Waals surface area contributed by atoms with Gasteiger partial charge in [0.15, 0.2) is 10.6 Å². The summed E-state index contributed by atoms with van der Waals surface area (Å²) in [6.07, 6.45) is 0. The van der Waals surface area contributed by atoms with E-state index in [1.54, 1.807) is 20.9 Å². The summed E-state index contributed by atoms with van der Waals surface area (Å²) in [5, 5.41) is 10.9. The molecule has 29 heavy (non-hydrogen) atoms. The molecule has 8 heteroatoms. The Labute approximate surface area is 177 Å². The van der Waals surface area contributed by atoms with Gasteiger partial charge >= 0.3 is 0 Å². The highest BCUT2D eigenvalue weighted by molar-refractivity contribution is 7.71. The van der Waals surface area contributed by atoms with E-state index in [1.165, 1.54) is 0 Å². The number of nitrogens with one attached hydrogen (secondary N) is 2. The highest BCUT2D eigenvalue weighted by Crippen LogP contribution is 2.27. The van der Waals surface area contributed by atoms with Crippen molar-refractivity contribution in [1.29, 1.82) is 0 Å². The zero-order valence-electron chi connectivity index (χ0n) is 15.6. The zero-order chi connectivity index (χ0) is 20.2. The maximum atomic E-state index is 13.2. The summed E-state index contributed by atoms with van der Waals surface area (Å²) in [6, 6.07) is 22.7. The van der Waals surface area contributed by atoms with E-state index in [0.717, 1.165) is 16.3 Å². The van der Waals surface area contributed by atoms with Crippen LogP contribution in [0.2, 0.25) is 0 Å². The number of amides is 1. The predicted octanol–water partition coefficient (Wildman–Crippen LogP) is 5.10. The van der Waals surface area contributed by atoms with Gasteiger partial charge in [0.1, 0.15) is 6.04 Å². The molecule has 0 aliphatic heterocycles. The average molecular weight is 422 g/mol. The van der Waals surface area contributed by atoms with Gasteiger partial charge in [-0.1, -0.05) is 42.5 Å². The van der Waals surface area contributed by atoms with Gasteiger partial charge in [-0.25, -0.2) is 0 Å². The quantitative estimate of drug-likeness (QED) is 0.336. The molecule has 4 rings (SSSR count). The summed E-state index contributed by atoms with van der Waals surface area (Å²) in [7, 11) is 0. The molecule has 1 unspecified atom stereocenters. The Kier molecular flexibility index (Phi) is 5.55. The molecule has 0 radical (unpaired) electrons. The van der Waals surface area contributed by atoms with Gasteiger partial charge in [0, 0.05) is 0 Å². The fraction of sp³-hybridized carbons (Fsp3) is 0.0952. The Morgan fingerprint density at radius 2 is 1.69 bits per heavy atom. The van der Waals surface area contributed by atoms with Crippen molar-refractivity contribution in [3.63, 3.8) is 0 Å². The third-order valence-corrected chi connectivity index (χ3v) is 5.62. The molecule has 1 atom stereocenters. The molecule has 6 nitrogen and oxygen atoms in total. The number of benzene rings is 2. The predicted molar refractivity (Wildman–Crippen MR) is 119 cm³/mol. The molecule has 2 aromatic carbocycles. The SMILES string of the molecule is CC(C(=O)NN(c1ccccc1)c1ccccc1)n1c(-c2cccs2)n[nH]c1=S. The summed E-state index contributed by atoms with van der Waals surface area (Å²) in [5.74, 6) is 0.451. The third kappa shape index (κ3) is 3.98. The molecule has 2 aromatic heterocycles. The molecule has 0 saturated heterocycles. The van der Waals surface area contributed by atoms with Crippen molar-refractivity contribution in [3.05, 3.63) is 82.9 Å². The summed E-state index contributed by atoms with van der Waals surface area (Å²) >= 11 is 6.95. The molecule has 0 aliphatic carbocycles. The van der Waals surface area contributed by atoms with Crippen molar-refractivity contribution in [2.45, 2.75) is 13.0 Å². The Bertz CT molecular complexity index is 1100. The van der Waals surface area contributed by atoms with E-state index in [2.05, 4.69) is 15.6 Å². The zero-order valence-corrected chi connectivity index (χ0v) is 17.3. The van der Waals surface area contributed by atoms with Crippen molar-refractivity contribution < 1.29 is 4.79 Å². The minimum atomic E-state index is -0.562. The van der Waals surface area contributed by atoms with Gasteiger partial charge in [-0.15, -0.1) is 11.3 Å². The second-order valence-corrected chi connectivity index (χ2v) is 7.69. The van der Waals surface area contributed by atoms with Crippen LogP contribution in [-0.2, 0) is 4.79 Å². The standard InChI is InChI=1S/C21H19N5OS2/c1-15(25-19(22-23-21(25)28)18-13-8-14-29-18)20(27)24-26(16-9-4-2-5-10-16)17-11-6-3-7-12-17/h2-15H,1H3,(H,23,28)(H,24,27). The first-order valence-corrected chi connectivity index (χ1v) is 10.4. The van der Waals surface area contributed by atoms with Crippen LogP contribution in [0.5, 0.6) is 0 Å². The molecule has 2 heterocycles. The van der Waals surface area contributed by atoms with Crippen molar-refractivity contribution in [2.75, 3.05) is 5.01 Å². The van der Waals surface area contributed by atoms with Gasteiger partial charge < -0.3 is 0 Å². The fourth-order valence-electron chi connectivity index (χ4n) is 3.00. The van der Waals surface area contributed by atoms with Crippen LogP contribution in [0.4, 0.5) is 11.4 Å². The number of thiophene rings is 1. The Morgan fingerprint density at radius 3 is 2.24 bits per heavy atom. The van der Waals surface area contributed by atoms with Crippen molar-refractivity contribution >= 4 is 40.8 Å². The molecule has 146 valence electrons. The van der Waals surface area contributed by atoms with Gasteiger partial charge in [-0.05, 0) is 54.9 Å². The largest absolute Gasteiger partial charge is 0.287 e. The summed E-state index contributed by atoms with van der Waals surface area (Å²) < 4.78 is 2.15. The molecular weight excluding hydrogens is 402 g/mol. The maximum absolute atomic E-state index is 13.2. The Morgan fingerprint density at radius 1 is 1.07 bits per heavy atom. The first kappa shape index (κ1) is 19.1. The number of rotatable bonds is 6. The van der Waals surface area contributed by atoms with Gasteiger partial charge in [0.05, 0.1) is 16.3 Å². The molecule has 1 amide bonds. The summed E-state index contributed by atoms with van der Waals surface area (Å²) in [6.45, 7) is 1.81. The van der Waals surface area contributed by atoms with Gasteiger partial charge in [0.25, 0.3) is 5.91 Å². The molecule has 4 aromatic rings.